The van der Waals surface area contributed by atoms with Crippen molar-refractivity contribution in [3.05, 3.63) is 77.4 Å². The van der Waals surface area contributed by atoms with Gasteiger partial charge in [0.2, 0.25) is 0 Å². The van der Waals surface area contributed by atoms with Crippen molar-refractivity contribution in [1.29, 1.82) is 0 Å². The number of carbonyl (C=O) groups excluding carboxylic acids is 1. The molecule has 0 radical (unpaired) electrons. The molecule has 30 heavy (non-hydrogen) atoms. The van der Waals surface area contributed by atoms with Crippen molar-refractivity contribution in [2.24, 2.45) is 5.10 Å². The summed E-state index contributed by atoms with van der Waals surface area (Å²) in [5.41, 5.74) is 7.90. The number of hydrogen-bond acceptors (Lipinski definition) is 3. The average Bonchev–Trinajstić information content (AvgIpc) is 3.06. The molecule has 0 fully saturated rings. The molecule has 0 saturated carbocycles. The summed E-state index contributed by atoms with van der Waals surface area (Å²) in [5, 5.41) is 6.50. The number of nitrogens with zero attached hydrogens (tertiary/aromatic N) is 2. The lowest BCUT2D eigenvalue weighted by Crippen LogP contribution is -2.25. The van der Waals surface area contributed by atoms with Crippen molar-refractivity contribution in [2.45, 2.75) is 27.3 Å². The van der Waals surface area contributed by atoms with Crippen LogP contribution in [-0.4, -0.2) is 23.3 Å². The van der Waals surface area contributed by atoms with Gasteiger partial charge in [-0.3, -0.25) is 4.79 Å². The summed E-state index contributed by atoms with van der Waals surface area (Å²) in [6.45, 7) is 6.91. The highest BCUT2D eigenvalue weighted by atomic mass is 16.5. The van der Waals surface area contributed by atoms with Crippen molar-refractivity contribution in [3.8, 4) is 5.75 Å². The first kappa shape index (κ1) is 19.7. The van der Waals surface area contributed by atoms with E-state index in [9.17, 15) is 4.79 Å². The van der Waals surface area contributed by atoms with Gasteiger partial charge in [0.25, 0.3) is 5.91 Å². The van der Waals surface area contributed by atoms with E-state index >= 15 is 0 Å². The molecule has 5 heteroatoms. The molecule has 3 aromatic carbocycles. The number of carbonyl (C=O) groups is 1. The zero-order valence-electron chi connectivity index (χ0n) is 17.5. The first-order chi connectivity index (χ1) is 14.6. The molecule has 0 aliphatic heterocycles. The van der Waals surface area contributed by atoms with Crippen LogP contribution < -0.4 is 10.2 Å². The number of benzene rings is 3. The molecule has 1 heterocycles. The second kappa shape index (κ2) is 8.41. The van der Waals surface area contributed by atoms with E-state index < -0.39 is 0 Å². The molecule has 0 unspecified atom stereocenters. The highest BCUT2D eigenvalue weighted by molar-refractivity contribution is 6.09. The van der Waals surface area contributed by atoms with Crippen LogP contribution in [0.5, 0.6) is 5.75 Å². The third kappa shape index (κ3) is 3.79. The fourth-order valence-electron chi connectivity index (χ4n) is 3.87. The van der Waals surface area contributed by atoms with Crippen LogP contribution in [-0.2, 0) is 11.3 Å². The van der Waals surface area contributed by atoms with Gasteiger partial charge in [-0.25, -0.2) is 5.43 Å². The van der Waals surface area contributed by atoms with Crippen molar-refractivity contribution in [1.82, 2.24) is 9.99 Å². The minimum atomic E-state index is -0.294. The molecule has 0 atom stereocenters. The molecule has 0 aliphatic rings. The van der Waals surface area contributed by atoms with E-state index in [2.05, 4.69) is 58.4 Å². The van der Waals surface area contributed by atoms with Crippen LogP contribution in [0.1, 0.15) is 23.6 Å². The highest BCUT2D eigenvalue weighted by Gasteiger charge is 2.09. The van der Waals surface area contributed by atoms with E-state index in [0.29, 0.717) is 0 Å². The molecule has 0 saturated heterocycles. The van der Waals surface area contributed by atoms with E-state index in [1.807, 2.05) is 38.1 Å². The standard InChI is InChI=1S/C25H25N3O2/c1-4-28-22-11-6-5-10-20(22)21-14-19(12-13-23(21)28)15-26-27-24(29)16-30-25-17(2)8-7-9-18(25)3/h5-15H,4,16H2,1-3H3,(H,27,29)/b26-15+. The molecular weight excluding hydrogens is 374 g/mol. The predicted octanol–water partition coefficient (Wildman–Crippen LogP) is 4.96. The lowest BCUT2D eigenvalue weighted by atomic mass is 10.1. The minimum Gasteiger partial charge on any atom is -0.483 e. The summed E-state index contributed by atoms with van der Waals surface area (Å²) in [6.07, 6.45) is 1.66. The fourth-order valence-corrected chi connectivity index (χ4v) is 3.87. The highest BCUT2D eigenvalue weighted by Crippen LogP contribution is 2.29. The molecule has 4 rings (SSSR count). The van der Waals surface area contributed by atoms with Gasteiger partial charge in [0, 0.05) is 28.4 Å². The second-order valence-corrected chi connectivity index (χ2v) is 7.34. The Hall–Kier alpha value is -3.60. The van der Waals surface area contributed by atoms with Crippen molar-refractivity contribution < 1.29 is 9.53 Å². The predicted molar refractivity (Wildman–Crippen MR) is 122 cm³/mol. The Labute approximate surface area is 176 Å². The SMILES string of the molecule is CCn1c2ccccc2c2cc(/C=N/NC(=O)COc3c(C)cccc3C)ccc21. The maximum absolute atomic E-state index is 12.1. The van der Waals surface area contributed by atoms with Crippen molar-refractivity contribution >= 4 is 33.9 Å². The molecule has 1 amide bonds. The lowest BCUT2D eigenvalue weighted by molar-refractivity contribution is -0.123. The Morgan fingerprint density at radius 2 is 1.73 bits per heavy atom. The number of amides is 1. The Bertz CT molecular complexity index is 1230. The van der Waals surface area contributed by atoms with E-state index in [1.165, 1.54) is 21.8 Å². The molecular formula is C25H25N3O2. The number of nitrogens with one attached hydrogen (secondary N) is 1. The monoisotopic (exact) mass is 399 g/mol. The van der Waals surface area contributed by atoms with Crippen LogP contribution in [0.4, 0.5) is 0 Å². The molecule has 1 aromatic heterocycles. The number of aryl methyl sites for hydroxylation is 3. The maximum Gasteiger partial charge on any atom is 0.277 e. The van der Waals surface area contributed by atoms with E-state index in [-0.39, 0.29) is 12.5 Å². The summed E-state index contributed by atoms with van der Waals surface area (Å²) >= 11 is 0. The van der Waals surface area contributed by atoms with Gasteiger partial charge < -0.3 is 9.30 Å². The number of hydrogen-bond donors (Lipinski definition) is 1. The third-order valence-corrected chi connectivity index (χ3v) is 5.27. The summed E-state index contributed by atoms with van der Waals surface area (Å²) in [4.78, 5) is 12.1. The Morgan fingerprint density at radius 1 is 1.00 bits per heavy atom. The van der Waals surface area contributed by atoms with Crippen LogP contribution >= 0.6 is 0 Å². The maximum atomic E-state index is 12.1. The van der Waals surface area contributed by atoms with Crippen LogP contribution in [0.15, 0.2) is 65.8 Å². The number of ether oxygens (including phenoxy) is 1. The Kier molecular flexibility index (Phi) is 5.53. The van der Waals surface area contributed by atoms with Crippen LogP contribution in [0.25, 0.3) is 21.8 Å². The zero-order valence-corrected chi connectivity index (χ0v) is 17.5. The van der Waals surface area contributed by atoms with Crippen molar-refractivity contribution in [3.63, 3.8) is 0 Å². The quantitative estimate of drug-likeness (QED) is 0.368. The minimum absolute atomic E-state index is 0.0773. The first-order valence-corrected chi connectivity index (χ1v) is 10.1. The zero-order chi connectivity index (χ0) is 21.1. The van der Waals surface area contributed by atoms with Gasteiger partial charge >= 0.3 is 0 Å². The molecule has 1 N–H and O–H groups in total. The lowest BCUT2D eigenvalue weighted by Gasteiger charge is -2.10. The van der Waals surface area contributed by atoms with Gasteiger partial charge in [0.1, 0.15) is 5.75 Å². The van der Waals surface area contributed by atoms with E-state index in [1.54, 1.807) is 6.21 Å². The number of para-hydroxylation sites is 2. The number of hydrazone groups is 1. The normalized spacial score (nSPS) is 11.4. The van der Waals surface area contributed by atoms with Gasteiger partial charge in [0.15, 0.2) is 6.61 Å². The number of rotatable bonds is 6. The average molecular weight is 399 g/mol. The van der Waals surface area contributed by atoms with Gasteiger partial charge in [-0.15, -0.1) is 0 Å². The molecule has 152 valence electrons. The van der Waals surface area contributed by atoms with Gasteiger partial charge in [0.05, 0.1) is 6.21 Å². The number of aromatic nitrogens is 1. The van der Waals surface area contributed by atoms with Crippen LogP contribution in [0.3, 0.4) is 0 Å². The largest absolute Gasteiger partial charge is 0.483 e. The third-order valence-electron chi connectivity index (χ3n) is 5.27. The topological polar surface area (TPSA) is 55.6 Å². The molecule has 5 nitrogen and oxygen atoms in total. The van der Waals surface area contributed by atoms with Crippen LogP contribution in [0.2, 0.25) is 0 Å². The second-order valence-electron chi connectivity index (χ2n) is 7.34. The van der Waals surface area contributed by atoms with Crippen molar-refractivity contribution in [2.75, 3.05) is 6.61 Å². The summed E-state index contributed by atoms with van der Waals surface area (Å²) in [7, 11) is 0. The first-order valence-electron chi connectivity index (χ1n) is 10.1. The number of fused-ring (bicyclic) bond motifs is 3. The van der Waals surface area contributed by atoms with Gasteiger partial charge in [-0.1, -0.05) is 42.5 Å². The fraction of sp³-hybridized carbons (Fsp3) is 0.200. The van der Waals surface area contributed by atoms with E-state index in [4.69, 9.17) is 4.74 Å². The van der Waals surface area contributed by atoms with E-state index in [0.717, 1.165) is 29.0 Å². The van der Waals surface area contributed by atoms with Crippen LogP contribution in [0, 0.1) is 13.8 Å². The Morgan fingerprint density at radius 3 is 2.50 bits per heavy atom. The van der Waals surface area contributed by atoms with Gasteiger partial charge in [-0.05, 0) is 55.7 Å². The molecule has 4 aromatic rings. The van der Waals surface area contributed by atoms with Gasteiger partial charge in [-0.2, -0.15) is 5.10 Å². The summed E-state index contributed by atoms with van der Waals surface area (Å²) < 4.78 is 7.97. The summed E-state index contributed by atoms with van der Waals surface area (Å²) in [5.74, 6) is 0.451. The molecule has 0 spiro atoms. The summed E-state index contributed by atoms with van der Waals surface area (Å²) in [6, 6.07) is 20.5. The smallest absolute Gasteiger partial charge is 0.277 e. The molecule has 0 bridgehead atoms. The molecule has 0 aliphatic carbocycles. The Balaban J connectivity index is 1.46.